The van der Waals surface area contributed by atoms with Crippen LogP contribution in [-0.4, -0.2) is 14.5 Å². The minimum atomic E-state index is -3.66. The summed E-state index contributed by atoms with van der Waals surface area (Å²) >= 11 is 0. The molecular weight excluding hydrogens is 272 g/mol. The van der Waals surface area contributed by atoms with Crippen molar-refractivity contribution in [3.63, 3.8) is 0 Å². The number of sulfonamides is 1. The van der Waals surface area contributed by atoms with Crippen molar-refractivity contribution >= 4 is 15.7 Å². The average molecular weight is 298 g/mol. The maximum Gasteiger partial charge on any atom is 0.238 e. The summed E-state index contributed by atoms with van der Waals surface area (Å²) in [5.74, 6) is 0. The predicted molar refractivity (Wildman–Crippen MR) is 84.4 cm³/mol. The van der Waals surface area contributed by atoms with Crippen LogP contribution in [0, 0.1) is 6.92 Å². The zero-order valence-corrected chi connectivity index (χ0v) is 13.5. The van der Waals surface area contributed by atoms with Gasteiger partial charge in [0.25, 0.3) is 0 Å². The largest absolute Gasteiger partial charge is 0.382 e. The smallest absolute Gasteiger partial charge is 0.238 e. The van der Waals surface area contributed by atoms with Gasteiger partial charge in [0.2, 0.25) is 10.0 Å². The molecule has 5 heteroatoms. The zero-order chi connectivity index (χ0) is 15.2. The van der Waals surface area contributed by atoms with Crippen LogP contribution >= 0.6 is 0 Å². The first-order valence-corrected chi connectivity index (χ1v) is 8.79. The van der Waals surface area contributed by atoms with Gasteiger partial charge < -0.3 is 5.32 Å². The van der Waals surface area contributed by atoms with Crippen molar-refractivity contribution < 1.29 is 8.42 Å². The van der Waals surface area contributed by atoms with Crippen LogP contribution in [0.2, 0.25) is 0 Å². The van der Waals surface area contributed by atoms with Crippen molar-refractivity contribution in [1.82, 2.24) is 0 Å². The van der Waals surface area contributed by atoms with Crippen LogP contribution in [-0.2, 0) is 10.0 Å². The lowest BCUT2D eigenvalue weighted by molar-refractivity contribution is 0.592. The number of anilines is 1. The van der Waals surface area contributed by atoms with Gasteiger partial charge in [-0.2, -0.15) is 0 Å². The minimum absolute atomic E-state index is 0.195. The summed E-state index contributed by atoms with van der Waals surface area (Å²) < 4.78 is 23.0. The van der Waals surface area contributed by atoms with E-state index in [4.69, 9.17) is 5.14 Å². The van der Waals surface area contributed by atoms with Gasteiger partial charge in [-0.05, 0) is 38.0 Å². The fourth-order valence-electron chi connectivity index (χ4n) is 2.29. The number of nitrogens with one attached hydrogen (secondary N) is 1. The molecule has 0 saturated carbocycles. The molecule has 0 aliphatic carbocycles. The van der Waals surface area contributed by atoms with Gasteiger partial charge in [0, 0.05) is 11.7 Å². The monoisotopic (exact) mass is 298 g/mol. The van der Waals surface area contributed by atoms with E-state index in [-0.39, 0.29) is 4.90 Å². The molecule has 1 rings (SSSR count). The molecule has 1 unspecified atom stereocenters. The molecule has 4 nitrogen and oxygen atoms in total. The summed E-state index contributed by atoms with van der Waals surface area (Å²) in [5.41, 5.74) is 1.54. The number of rotatable bonds is 8. The highest BCUT2D eigenvalue weighted by molar-refractivity contribution is 7.89. The summed E-state index contributed by atoms with van der Waals surface area (Å²) in [6.07, 6.45) is 6.03. The van der Waals surface area contributed by atoms with E-state index in [1.807, 2.05) is 6.07 Å². The fourth-order valence-corrected chi connectivity index (χ4v) is 3.10. The highest BCUT2D eigenvalue weighted by Crippen LogP contribution is 2.23. The second-order valence-corrected chi connectivity index (χ2v) is 6.90. The van der Waals surface area contributed by atoms with Crippen LogP contribution in [0.1, 0.15) is 51.5 Å². The second-order valence-electron chi connectivity index (χ2n) is 5.37. The molecule has 0 aliphatic heterocycles. The van der Waals surface area contributed by atoms with Gasteiger partial charge >= 0.3 is 0 Å². The summed E-state index contributed by atoms with van der Waals surface area (Å²) in [6.45, 7) is 6.10. The molecule has 3 N–H and O–H groups in total. The number of benzene rings is 1. The third-order valence-corrected chi connectivity index (χ3v) is 4.54. The number of hydrogen-bond acceptors (Lipinski definition) is 3. The molecule has 20 heavy (non-hydrogen) atoms. The highest BCUT2D eigenvalue weighted by Gasteiger charge is 2.14. The fraction of sp³-hybridized carbons (Fsp3) is 0.600. The van der Waals surface area contributed by atoms with Crippen molar-refractivity contribution in [3.05, 3.63) is 23.8 Å². The first-order valence-electron chi connectivity index (χ1n) is 7.25. The van der Waals surface area contributed by atoms with Crippen LogP contribution in [0.3, 0.4) is 0 Å². The first kappa shape index (κ1) is 17.0. The number of nitrogens with two attached hydrogens (primary N) is 1. The zero-order valence-electron chi connectivity index (χ0n) is 12.6. The lowest BCUT2D eigenvalue weighted by Gasteiger charge is -2.18. The van der Waals surface area contributed by atoms with Gasteiger partial charge in [-0.3, -0.25) is 0 Å². The number of unbranched alkanes of at least 4 members (excludes halogenated alkanes) is 3. The van der Waals surface area contributed by atoms with Crippen LogP contribution in [0.15, 0.2) is 23.1 Å². The lowest BCUT2D eigenvalue weighted by atomic mass is 10.1. The van der Waals surface area contributed by atoms with E-state index in [1.54, 1.807) is 19.1 Å². The number of hydrogen-bond donors (Lipinski definition) is 2. The van der Waals surface area contributed by atoms with E-state index in [0.29, 0.717) is 11.6 Å². The van der Waals surface area contributed by atoms with Crippen molar-refractivity contribution in [3.8, 4) is 0 Å². The Balaban J connectivity index is 2.69. The molecule has 0 bridgehead atoms. The Morgan fingerprint density at radius 1 is 1.25 bits per heavy atom. The molecule has 0 saturated heterocycles. The van der Waals surface area contributed by atoms with Gasteiger partial charge in [0.15, 0.2) is 0 Å². The molecular formula is C15H26N2O2S. The molecule has 0 spiro atoms. The van der Waals surface area contributed by atoms with E-state index >= 15 is 0 Å². The van der Waals surface area contributed by atoms with Crippen LogP contribution in [0.4, 0.5) is 5.69 Å². The van der Waals surface area contributed by atoms with Crippen LogP contribution in [0.5, 0.6) is 0 Å². The number of primary sulfonamides is 1. The topological polar surface area (TPSA) is 72.2 Å². The van der Waals surface area contributed by atoms with Gasteiger partial charge in [0.05, 0.1) is 4.90 Å². The molecule has 0 amide bonds. The van der Waals surface area contributed by atoms with E-state index in [9.17, 15) is 8.42 Å². The van der Waals surface area contributed by atoms with Crippen molar-refractivity contribution in [2.24, 2.45) is 5.14 Å². The van der Waals surface area contributed by atoms with E-state index in [1.165, 1.54) is 25.7 Å². The Kier molecular flexibility index (Phi) is 6.49. The molecule has 1 aromatic rings. The Morgan fingerprint density at radius 3 is 2.55 bits per heavy atom. The van der Waals surface area contributed by atoms with E-state index in [2.05, 4.69) is 19.2 Å². The van der Waals surface area contributed by atoms with Crippen LogP contribution < -0.4 is 10.5 Å². The maximum absolute atomic E-state index is 11.5. The second kappa shape index (κ2) is 7.64. The summed E-state index contributed by atoms with van der Waals surface area (Å²) in [5, 5.41) is 8.59. The lowest BCUT2D eigenvalue weighted by Crippen LogP contribution is -2.18. The quantitative estimate of drug-likeness (QED) is 0.722. The van der Waals surface area contributed by atoms with Crippen molar-refractivity contribution in [2.75, 3.05) is 5.32 Å². The molecule has 0 fully saturated rings. The normalized spacial score (nSPS) is 13.2. The highest BCUT2D eigenvalue weighted by atomic mass is 32.2. The van der Waals surface area contributed by atoms with Gasteiger partial charge in [-0.15, -0.1) is 0 Å². The summed E-state index contributed by atoms with van der Waals surface area (Å²) in [6, 6.07) is 5.48. The maximum atomic E-state index is 11.5. The van der Waals surface area contributed by atoms with E-state index < -0.39 is 10.0 Å². The molecule has 0 heterocycles. The predicted octanol–water partition coefficient (Wildman–Crippen LogP) is 3.41. The minimum Gasteiger partial charge on any atom is -0.382 e. The molecule has 0 radical (unpaired) electrons. The molecule has 114 valence electrons. The molecule has 0 aromatic heterocycles. The van der Waals surface area contributed by atoms with Crippen molar-refractivity contribution in [2.45, 2.75) is 63.8 Å². The molecule has 0 aliphatic rings. The molecule has 1 atom stereocenters. The van der Waals surface area contributed by atoms with Gasteiger partial charge in [0.1, 0.15) is 0 Å². The Hall–Kier alpha value is -1.07. The Labute approximate surface area is 122 Å². The Bertz CT molecular complexity index is 527. The SMILES string of the molecule is CCCCCCC(C)Nc1cccc(S(N)(=O)=O)c1C. The average Bonchev–Trinajstić information content (AvgIpc) is 2.36. The van der Waals surface area contributed by atoms with E-state index in [0.717, 1.165) is 12.1 Å². The third-order valence-electron chi connectivity index (χ3n) is 3.48. The third kappa shape index (κ3) is 5.13. The summed E-state index contributed by atoms with van der Waals surface area (Å²) in [7, 11) is -3.66. The van der Waals surface area contributed by atoms with Crippen LogP contribution in [0.25, 0.3) is 0 Å². The van der Waals surface area contributed by atoms with Gasteiger partial charge in [-0.1, -0.05) is 38.7 Å². The van der Waals surface area contributed by atoms with Gasteiger partial charge in [-0.25, -0.2) is 13.6 Å². The molecule has 1 aromatic carbocycles. The first-order chi connectivity index (χ1) is 9.36. The van der Waals surface area contributed by atoms with Crippen molar-refractivity contribution in [1.29, 1.82) is 0 Å². The standard InChI is InChI=1S/C15H26N2O2S/c1-4-5-6-7-9-12(2)17-14-10-8-11-15(13(14)3)20(16,18)19/h8,10-12,17H,4-7,9H2,1-3H3,(H2,16,18,19). The Morgan fingerprint density at radius 2 is 1.95 bits per heavy atom. The summed E-state index contributed by atoms with van der Waals surface area (Å²) in [4.78, 5) is 0.195.